The number of hydrogen-bond acceptors (Lipinski definition) is 4. The van der Waals surface area contributed by atoms with Crippen molar-refractivity contribution in [2.75, 3.05) is 11.9 Å². The van der Waals surface area contributed by atoms with E-state index in [1.165, 1.54) is 29.8 Å². The van der Waals surface area contributed by atoms with E-state index in [-0.39, 0.29) is 11.6 Å². The first-order chi connectivity index (χ1) is 14.1. The Labute approximate surface area is 168 Å². The number of anilines is 1. The van der Waals surface area contributed by atoms with Gasteiger partial charge in [0, 0.05) is 30.3 Å². The van der Waals surface area contributed by atoms with Crippen LogP contribution in [0.5, 0.6) is 5.75 Å². The van der Waals surface area contributed by atoms with E-state index >= 15 is 0 Å². The summed E-state index contributed by atoms with van der Waals surface area (Å²) in [5, 5.41) is 13.5. The maximum atomic E-state index is 12.1. The first-order valence-corrected chi connectivity index (χ1v) is 9.10. The molecule has 29 heavy (non-hydrogen) atoms. The summed E-state index contributed by atoms with van der Waals surface area (Å²) in [5.74, 6) is 0.403. The first kappa shape index (κ1) is 19.8. The Morgan fingerprint density at radius 1 is 1.00 bits per heavy atom. The highest BCUT2D eigenvalue weighted by atomic mass is 16.6. The molecule has 0 heterocycles. The average molecular weight is 388 g/mol. The van der Waals surface area contributed by atoms with Crippen molar-refractivity contribution in [3.63, 3.8) is 0 Å². The van der Waals surface area contributed by atoms with Crippen LogP contribution in [0, 0.1) is 10.1 Å². The van der Waals surface area contributed by atoms with Crippen LogP contribution in [0.25, 0.3) is 6.08 Å². The molecule has 0 aliphatic rings. The smallest absolute Gasteiger partial charge is 0.270 e. The highest BCUT2D eigenvalue weighted by molar-refractivity contribution is 6.01. The zero-order valence-electron chi connectivity index (χ0n) is 15.7. The quantitative estimate of drug-likeness (QED) is 0.339. The van der Waals surface area contributed by atoms with Crippen LogP contribution in [-0.2, 0) is 11.2 Å². The predicted octanol–water partition coefficient (Wildman–Crippen LogP) is 4.87. The third kappa shape index (κ3) is 6.32. The van der Waals surface area contributed by atoms with Gasteiger partial charge in [0.1, 0.15) is 5.75 Å². The van der Waals surface area contributed by atoms with Gasteiger partial charge in [-0.2, -0.15) is 0 Å². The lowest BCUT2D eigenvalue weighted by Crippen LogP contribution is -2.07. The van der Waals surface area contributed by atoms with E-state index in [0.29, 0.717) is 17.9 Å². The van der Waals surface area contributed by atoms with Crippen LogP contribution in [0.3, 0.4) is 0 Å². The molecule has 6 heteroatoms. The first-order valence-electron chi connectivity index (χ1n) is 9.10. The van der Waals surface area contributed by atoms with E-state index in [1.807, 2.05) is 18.2 Å². The number of nitro groups is 1. The second-order valence-corrected chi connectivity index (χ2v) is 6.28. The second kappa shape index (κ2) is 9.85. The summed E-state index contributed by atoms with van der Waals surface area (Å²) in [5.41, 5.74) is 2.41. The van der Waals surface area contributed by atoms with Crippen molar-refractivity contribution in [3.05, 3.63) is 106 Å². The van der Waals surface area contributed by atoms with E-state index in [4.69, 9.17) is 4.74 Å². The summed E-state index contributed by atoms with van der Waals surface area (Å²) in [4.78, 5) is 22.4. The number of ether oxygens (including phenoxy) is 1. The maximum absolute atomic E-state index is 12.1. The van der Waals surface area contributed by atoms with Gasteiger partial charge in [0.05, 0.1) is 11.5 Å². The fourth-order valence-corrected chi connectivity index (χ4v) is 2.66. The number of nitro benzene ring substituents is 1. The molecule has 0 atom stereocenters. The van der Waals surface area contributed by atoms with E-state index < -0.39 is 4.92 Å². The van der Waals surface area contributed by atoms with Crippen molar-refractivity contribution in [2.24, 2.45) is 0 Å². The average Bonchev–Trinajstić information content (AvgIpc) is 2.74. The molecule has 0 radical (unpaired) electrons. The molecule has 6 nitrogen and oxygen atoms in total. The minimum Gasteiger partial charge on any atom is -0.493 e. The van der Waals surface area contributed by atoms with E-state index in [1.54, 1.807) is 36.4 Å². The van der Waals surface area contributed by atoms with Crippen molar-refractivity contribution in [1.82, 2.24) is 0 Å². The number of benzene rings is 3. The van der Waals surface area contributed by atoms with Crippen LogP contribution < -0.4 is 10.1 Å². The Bertz CT molecular complexity index is 999. The van der Waals surface area contributed by atoms with Crippen LogP contribution in [0.1, 0.15) is 11.1 Å². The summed E-state index contributed by atoms with van der Waals surface area (Å²) < 4.78 is 5.72. The van der Waals surface area contributed by atoms with Crippen molar-refractivity contribution >= 4 is 23.4 Å². The zero-order valence-corrected chi connectivity index (χ0v) is 15.7. The number of nitrogens with one attached hydrogen (secondary N) is 1. The highest BCUT2D eigenvalue weighted by Gasteiger charge is 2.04. The standard InChI is InChI=1S/C23H20N2O4/c26-23(14-9-19-7-4-8-21(17-19)25(27)28)24-20-10-12-22(13-11-20)29-16-15-18-5-2-1-3-6-18/h1-14,17H,15-16H2,(H,24,26)/b14-9+. The summed E-state index contributed by atoms with van der Waals surface area (Å²) in [6, 6.07) is 23.3. The fraction of sp³-hybridized carbons (Fsp3) is 0.0870. The van der Waals surface area contributed by atoms with Crippen molar-refractivity contribution in [2.45, 2.75) is 6.42 Å². The van der Waals surface area contributed by atoms with Gasteiger partial charge in [-0.05, 0) is 41.5 Å². The largest absolute Gasteiger partial charge is 0.493 e. The molecule has 0 fully saturated rings. The molecule has 0 aliphatic heterocycles. The molecule has 1 N–H and O–H groups in total. The molecule has 3 aromatic rings. The summed E-state index contributed by atoms with van der Waals surface area (Å²) in [6.07, 6.45) is 3.69. The van der Waals surface area contributed by atoms with Gasteiger partial charge in [-0.1, -0.05) is 42.5 Å². The molecular weight excluding hydrogens is 368 g/mol. The van der Waals surface area contributed by atoms with E-state index in [2.05, 4.69) is 17.4 Å². The Morgan fingerprint density at radius 2 is 1.76 bits per heavy atom. The van der Waals surface area contributed by atoms with E-state index in [9.17, 15) is 14.9 Å². The molecule has 0 aliphatic carbocycles. The number of rotatable bonds is 8. The maximum Gasteiger partial charge on any atom is 0.270 e. The number of amides is 1. The van der Waals surface area contributed by atoms with Gasteiger partial charge in [0.15, 0.2) is 0 Å². The number of carbonyl (C=O) groups is 1. The minimum atomic E-state index is -0.471. The Balaban J connectivity index is 1.49. The lowest BCUT2D eigenvalue weighted by atomic mass is 10.2. The van der Waals surface area contributed by atoms with Crippen molar-refractivity contribution in [1.29, 1.82) is 0 Å². The molecule has 0 saturated carbocycles. The van der Waals surface area contributed by atoms with Crippen LogP contribution in [-0.4, -0.2) is 17.4 Å². The van der Waals surface area contributed by atoms with Gasteiger partial charge in [-0.25, -0.2) is 0 Å². The van der Waals surface area contributed by atoms with E-state index in [0.717, 1.165) is 12.2 Å². The zero-order chi connectivity index (χ0) is 20.5. The monoisotopic (exact) mass is 388 g/mol. The number of carbonyl (C=O) groups excluding carboxylic acids is 1. The Hall–Kier alpha value is -3.93. The molecule has 146 valence electrons. The van der Waals surface area contributed by atoms with Gasteiger partial charge < -0.3 is 10.1 Å². The molecule has 0 bridgehead atoms. The molecular formula is C23H20N2O4. The lowest BCUT2D eigenvalue weighted by Gasteiger charge is -2.08. The van der Waals surface area contributed by atoms with Crippen molar-refractivity contribution < 1.29 is 14.5 Å². The van der Waals surface area contributed by atoms with Crippen LogP contribution in [0.2, 0.25) is 0 Å². The third-order valence-electron chi connectivity index (χ3n) is 4.13. The predicted molar refractivity (Wildman–Crippen MR) is 113 cm³/mol. The molecule has 0 unspecified atom stereocenters. The molecule has 1 amide bonds. The van der Waals surface area contributed by atoms with Crippen LogP contribution >= 0.6 is 0 Å². The molecule has 0 saturated heterocycles. The normalized spacial score (nSPS) is 10.6. The van der Waals surface area contributed by atoms with Crippen LogP contribution in [0.4, 0.5) is 11.4 Å². The summed E-state index contributed by atoms with van der Waals surface area (Å²) in [6.45, 7) is 0.571. The van der Waals surface area contributed by atoms with Gasteiger partial charge in [-0.3, -0.25) is 14.9 Å². The Morgan fingerprint density at radius 3 is 2.48 bits per heavy atom. The number of nitrogens with zero attached hydrogens (tertiary/aromatic N) is 1. The highest BCUT2D eigenvalue weighted by Crippen LogP contribution is 2.17. The fourth-order valence-electron chi connectivity index (χ4n) is 2.66. The molecule has 3 rings (SSSR count). The van der Waals surface area contributed by atoms with Gasteiger partial charge in [0.25, 0.3) is 5.69 Å². The summed E-state index contributed by atoms with van der Waals surface area (Å²) >= 11 is 0. The number of non-ortho nitro benzene ring substituents is 1. The van der Waals surface area contributed by atoms with Crippen molar-refractivity contribution in [3.8, 4) is 5.75 Å². The second-order valence-electron chi connectivity index (χ2n) is 6.28. The SMILES string of the molecule is O=C(/C=C/c1cccc([N+](=O)[O-])c1)Nc1ccc(OCCc2ccccc2)cc1. The van der Waals surface area contributed by atoms with Gasteiger partial charge >= 0.3 is 0 Å². The van der Waals surface area contributed by atoms with Gasteiger partial charge in [-0.15, -0.1) is 0 Å². The minimum absolute atomic E-state index is 0.0181. The summed E-state index contributed by atoms with van der Waals surface area (Å²) in [7, 11) is 0. The Kier molecular flexibility index (Phi) is 6.73. The van der Waals surface area contributed by atoms with Gasteiger partial charge in [0.2, 0.25) is 5.91 Å². The third-order valence-corrected chi connectivity index (χ3v) is 4.13. The molecule has 3 aromatic carbocycles. The molecule has 0 spiro atoms. The van der Waals surface area contributed by atoms with Crippen LogP contribution in [0.15, 0.2) is 84.9 Å². The lowest BCUT2D eigenvalue weighted by molar-refractivity contribution is -0.384. The topological polar surface area (TPSA) is 81.5 Å². The number of hydrogen-bond donors (Lipinski definition) is 1. The molecule has 0 aromatic heterocycles.